The largest absolute Gasteiger partial charge is 0.265 e. The molecular formula is C14H14BrFN2O2S. The first-order valence-corrected chi connectivity index (χ1v) is 8.40. The van der Waals surface area contributed by atoms with E-state index in [0.717, 1.165) is 17.7 Å². The molecule has 0 N–H and O–H groups in total. The number of benzene rings is 1. The second kappa shape index (κ2) is 6.21. The summed E-state index contributed by atoms with van der Waals surface area (Å²) in [4.78, 5) is 3.95. The number of nitrogens with zero attached hydrogens (tertiary/aromatic N) is 2. The molecule has 0 aliphatic carbocycles. The third-order valence-electron chi connectivity index (χ3n) is 3.28. The summed E-state index contributed by atoms with van der Waals surface area (Å²) in [6.45, 7) is 1.78. The van der Waals surface area contributed by atoms with Gasteiger partial charge in [0.25, 0.3) is 0 Å². The van der Waals surface area contributed by atoms with Gasteiger partial charge in [0.15, 0.2) is 0 Å². The third-order valence-corrected chi connectivity index (χ3v) is 6.19. The maximum absolute atomic E-state index is 13.1. The maximum atomic E-state index is 13.1. The lowest BCUT2D eigenvalue weighted by Crippen LogP contribution is -2.30. The van der Waals surface area contributed by atoms with Crippen LogP contribution in [0.5, 0.6) is 0 Å². The fourth-order valence-corrected chi connectivity index (χ4v) is 4.26. The number of aromatic nitrogens is 1. The second-order valence-corrected chi connectivity index (χ2v) is 7.37. The molecule has 4 nitrogen and oxygen atoms in total. The van der Waals surface area contributed by atoms with Crippen LogP contribution >= 0.6 is 15.9 Å². The van der Waals surface area contributed by atoms with Crippen molar-refractivity contribution in [2.75, 3.05) is 7.05 Å². The van der Waals surface area contributed by atoms with Crippen LogP contribution in [0.15, 0.2) is 52.1 Å². The summed E-state index contributed by atoms with van der Waals surface area (Å²) >= 11 is 3.10. The van der Waals surface area contributed by atoms with Gasteiger partial charge in [0.2, 0.25) is 10.0 Å². The van der Waals surface area contributed by atoms with Crippen molar-refractivity contribution in [1.82, 2.24) is 9.29 Å². The lowest BCUT2D eigenvalue weighted by atomic mass is 10.1. The van der Waals surface area contributed by atoms with Gasteiger partial charge in [0.05, 0.1) is 4.90 Å². The van der Waals surface area contributed by atoms with Crippen molar-refractivity contribution in [1.29, 1.82) is 0 Å². The van der Waals surface area contributed by atoms with Crippen LogP contribution in [0.3, 0.4) is 0 Å². The van der Waals surface area contributed by atoms with E-state index >= 15 is 0 Å². The Morgan fingerprint density at radius 3 is 2.43 bits per heavy atom. The van der Waals surface area contributed by atoms with Gasteiger partial charge in [-0.25, -0.2) is 12.8 Å². The van der Waals surface area contributed by atoms with E-state index < -0.39 is 15.8 Å². The van der Waals surface area contributed by atoms with Crippen molar-refractivity contribution in [2.45, 2.75) is 17.9 Å². The van der Waals surface area contributed by atoms with Crippen molar-refractivity contribution >= 4 is 26.0 Å². The molecule has 0 bridgehead atoms. The van der Waals surface area contributed by atoms with Crippen molar-refractivity contribution in [3.8, 4) is 0 Å². The monoisotopic (exact) mass is 372 g/mol. The van der Waals surface area contributed by atoms with Gasteiger partial charge in [-0.2, -0.15) is 4.31 Å². The van der Waals surface area contributed by atoms with Crippen molar-refractivity contribution < 1.29 is 12.8 Å². The van der Waals surface area contributed by atoms with Crippen molar-refractivity contribution in [3.05, 3.63) is 58.6 Å². The Labute approximate surface area is 131 Å². The SMILES string of the molecule is CC(c1ccncc1)N(C)S(=O)(=O)c1ccc(F)cc1Br. The molecule has 7 heteroatoms. The van der Waals surface area contributed by atoms with Crippen molar-refractivity contribution in [3.63, 3.8) is 0 Å². The standard InChI is InChI=1S/C14H14BrFN2O2S/c1-10(11-5-7-17-8-6-11)18(2)21(19,20)14-4-3-12(16)9-13(14)15/h3-10H,1-2H3. The predicted octanol–water partition coefficient (Wildman–Crippen LogP) is 3.36. The molecule has 1 atom stereocenters. The number of sulfonamides is 1. The first kappa shape index (κ1) is 16.1. The molecule has 0 saturated heterocycles. The van der Waals surface area contributed by atoms with Gasteiger partial charge >= 0.3 is 0 Å². The Hall–Kier alpha value is -1.31. The zero-order valence-corrected chi connectivity index (χ0v) is 13.9. The van der Waals surface area contributed by atoms with Crippen LogP contribution in [-0.2, 0) is 10.0 Å². The minimum atomic E-state index is -3.73. The third kappa shape index (κ3) is 3.30. The van der Waals surface area contributed by atoms with Gasteiger partial charge in [0, 0.05) is 30.0 Å². The second-order valence-electron chi connectivity index (χ2n) is 4.55. The summed E-state index contributed by atoms with van der Waals surface area (Å²) in [5.74, 6) is -0.495. The van der Waals surface area contributed by atoms with Crippen LogP contribution in [0.2, 0.25) is 0 Å². The first-order chi connectivity index (χ1) is 9.84. The predicted molar refractivity (Wildman–Crippen MR) is 81.7 cm³/mol. The van der Waals surface area contributed by atoms with E-state index in [1.807, 2.05) is 0 Å². The Bertz CT molecular complexity index is 738. The highest BCUT2D eigenvalue weighted by Gasteiger charge is 2.28. The highest BCUT2D eigenvalue weighted by atomic mass is 79.9. The number of hydrogen-bond acceptors (Lipinski definition) is 3. The zero-order chi connectivity index (χ0) is 15.6. The lowest BCUT2D eigenvalue weighted by molar-refractivity contribution is 0.398. The number of pyridine rings is 1. The normalized spacial score (nSPS) is 13.4. The number of halogens is 2. The average molecular weight is 373 g/mol. The number of rotatable bonds is 4. The Balaban J connectivity index is 2.39. The first-order valence-electron chi connectivity index (χ1n) is 6.17. The summed E-state index contributed by atoms with van der Waals surface area (Å²) < 4.78 is 39.8. The Morgan fingerprint density at radius 1 is 1.24 bits per heavy atom. The highest BCUT2D eigenvalue weighted by molar-refractivity contribution is 9.10. The van der Waals surface area contributed by atoms with E-state index in [1.54, 1.807) is 31.5 Å². The van der Waals surface area contributed by atoms with Crippen molar-refractivity contribution in [2.24, 2.45) is 0 Å². The van der Waals surface area contributed by atoms with Gasteiger partial charge in [-0.3, -0.25) is 4.98 Å². The summed E-state index contributed by atoms with van der Waals surface area (Å²) in [7, 11) is -2.24. The van der Waals surface area contributed by atoms with E-state index in [4.69, 9.17) is 0 Å². The molecule has 2 aromatic rings. The summed E-state index contributed by atoms with van der Waals surface area (Å²) in [6.07, 6.45) is 3.22. The highest BCUT2D eigenvalue weighted by Crippen LogP contribution is 2.30. The van der Waals surface area contributed by atoms with Crippen LogP contribution in [0.1, 0.15) is 18.5 Å². The molecule has 0 amide bonds. The van der Waals surface area contributed by atoms with Gasteiger partial charge in [0.1, 0.15) is 5.82 Å². The van der Waals surface area contributed by atoms with E-state index in [2.05, 4.69) is 20.9 Å². The summed E-state index contributed by atoms with van der Waals surface area (Å²) in [5.41, 5.74) is 0.828. The van der Waals surface area contributed by atoms with Gasteiger partial charge < -0.3 is 0 Å². The fraction of sp³-hybridized carbons (Fsp3) is 0.214. The molecule has 112 valence electrons. The van der Waals surface area contributed by atoms with Crippen LogP contribution in [-0.4, -0.2) is 24.8 Å². The molecule has 0 spiro atoms. The number of hydrogen-bond donors (Lipinski definition) is 0. The van der Waals surface area contributed by atoms with Gasteiger partial charge in [-0.1, -0.05) is 0 Å². The van der Waals surface area contributed by atoms with E-state index in [1.165, 1.54) is 17.4 Å². The summed E-state index contributed by atoms with van der Waals surface area (Å²) in [6, 6.07) is 6.67. The minimum Gasteiger partial charge on any atom is -0.265 e. The summed E-state index contributed by atoms with van der Waals surface area (Å²) in [5, 5.41) is 0. The molecule has 0 radical (unpaired) electrons. The minimum absolute atomic E-state index is 0.0345. The van der Waals surface area contributed by atoms with Crippen LogP contribution in [0.25, 0.3) is 0 Å². The molecule has 2 rings (SSSR count). The topological polar surface area (TPSA) is 50.3 Å². The van der Waals surface area contributed by atoms with Gasteiger partial charge in [-0.15, -0.1) is 0 Å². The zero-order valence-electron chi connectivity index (χ0n) is 11.5. The Kier molecular flexibility index (Phi) is 4.75. The molecule has 1 heterocycles. The Morgan fingerprint density at radius 2 is 1.86 bits per heavy atom. The molecular weight excluding hydrogens is 359 g/mol. The molecule has 0 saturated carbocycles. The molecule has 0 aliphatic heterocycles. The van der Waals surface area contributed by atoms with Gasteiger partial charge in [-0.05, 0) is 58.7 Å². The van der Waals surface area contributed by atoms with Crippen LogP contribution in [0.4, 0.5) is 4.39 Å². The molecule has 1 unspecified atom stereocenters. The molecule has 21 heavy (non-hydrogen) atoms. The quantitative estimate of drug-likeness (QED) is 0.826. The lowest BCUT2D eigenvalue weighted by Gasteiger charge is -2.25. The molecule has 0 fully saturated rings. The average Bonchev–Trinajstić information content (AvgIpc) is 2.46. The van der Waals surface area contributed by atoms with E-state index in [-0.39, 0.29) is 15.4 Å². The van der Waals surface area contributed by atoms with Crippen LogP contribution < -0.4 is 0 Å². The maximum Gasteiger partial charge on any atom is 0.244 e. The smallest absolute Gasteiger partial charge is 0.244 e. The molecule has 0 aliphatic rings. The van der Waals surface area contributed by atoms with E-state index in [9.17, 15) is 12.8 Å². The fourth-order valence-electron chi connectivity index (χ4n) is 1.90. The van der Waals surface area contributed by atoms with Crippen LogP contribution in [0, 0.1) is 5.82 Å². The molecule has 1 aromatic heterocycles. The van der Waals surface area contributed by atoms with E-state index in [0.29, 0.717) is 0 Å². The molecule has 1 aromatic carbocycles.